The van der Waals surface area contributed by atoms with E-state index >= 15 is 0 Å². The first-order valence-electron chi connectivity index (χ1n) is 27.4. The maximum absolute atomic E-state index is 12.8. The summed E-state index contributed by atoms with van der Waals surface area (Å²) in [6, 6.07) is 0. The molecule has 0 saturated heterocycles. The molecule has 6 nitrogen and oxygen atoms in total. The summed E-state index contributed by atoms with van der Waals surface area (Å²) in [6.45, 7) is 9.03. The number of esters is 3. The average Bonchev–Trinajstić information content (AvgIpc) is 3.24. The monoisotopic (exact) mass is 863 g/mol. The molecule has 0 aliphatic heterocycles. The lowest BCUT2D eigenvalue weighted by molar-refractivity contribution is -0.167. The molecule has 0 bridgehead atoms. The quantitative estimate of drug-likeness (QED) is 0.0344. The zero-order valence-electron chi connectivity index (χ0n) is 41.6. The van der Waals surface area contributed by atoms with Crippen LogP contribution in [-0.2, 0) is 28.6 Å². The predicted molar refractivity (Wildman–Crippen MR) is 261 cm³/mol. The van der Waals surface area contributed by atoms with Gasteiger partial charge in [-0.05, 0) is 25.2 Å². The van der Waals surface area contributed by atoms with Crippen LogP contribution in [0.25, 0.3) is 0 Å². The summed E-state index contributed by atoms with van der Waals surface area (Å²) in [7, 11) is 0. The Balaban J connectivity index is 4.28. The highest BCUT2D eigenvalue weighted by atomic mass is 16.6. The van der Waals surface area contributed by atoms with Gasteiger partial charge in [-0.3, -0.25) is 14.4 Å². The van der Waals surface area contributed by atoms with Crippen molar-refractivity contribution in [2.45, 2.75) is 316 Å². The molecule has 61 heavy (non-hydrogen) atoms. The lowest BCUT2D eigenvalue weighted by Crippen LogP contribution is -2.30. The zero-order chi connectivity index (χ0) is 44.5. The van der Waals surface area contributed by atoms with Crippen LogP contribution in [0, 0.1) is 5.92 Å². The summed E-state index contributed by atoms with van der Waals surface area (Å²) >= 11 is 0. The Morgan fingerprint density at radius 1 is 0.311 bits per heavy atom. The van der Waals surface area contributed by atoms with E-state index in [2.05, 4.69) is 27.7 Å². The molecule has 362 valence electrons. The molecule has 0 fully saturated rings. The molecule has 0 aliphatic rings. The summed E-state index contributed by atoms with van der Waals surface area (Å²) in [4.78, 5) is 38.0. The highest BCUT2D eigenvalue weighted by Gasteiger charge is 2.19. The van der Waals surface area contributed by atoms with Gasteiger partial charge in [0.2, 0.25) is 0 Å². The SMILES string of the molecule is CCCCCCCCCCCCCCCCCCCC(=O)OC[C@H](COC(=O)CCCCCCCCCCCCCCC)OC(=O)CCCCCCCCCCCCC(C)C. The van der Waals surface area contributed by atoms with Gasteiger partial charge in [0.25, 0.3) is 0 Å². The van der Waals surface area contributed by atoms with Gasteiger partial charge in [0.1, 0.15) is 13.2 Å². The van der Waals surface area contributed by atoms with E-state index in [0.717, 1.165) is 63.7 Å². The third-order valence-corrected chi connectivity index (χ3v) is 12.5. The Morgan fingerprint density at radius 3 is 0.803 bits per heavy atom. The maximum Gasteiger partial charge on any atom is 0.306 e. The van der Waals surface area contributed by atoms with Gasteiger partial charge in [0.15, 0.2) is 6.10 Å². The highest BCUT2D eigenvalue weighted by Crippen LogP contribution is 2.17. The minimum absolute atomic E-state index is 0.0625. The Morgan fingerprint density at radius 2 is 0.541 bits per heavy atom. The van der Waals surface area contributed by atoms with Crippen molar-refractivity contribution in [1.82, 2.24) is 0 Å². The van der Waals surface area contributed by atoms with E-state index in [9.17, 15) is 14.4 Å². The van der Waals surface area contributed by atoms with Crippen LogP contribution in [-0.4, -0.2) is 37.2 Å². The summed E-state index contributed by atoms with van der Waals surface area (Å²) in [5.41, 5.74) is 0. The molecule has 0 aromatic heterocycles. The summed E-state index contributed by atoms with van der Waals surface area (Å²) in [5.74, 6) is -0.0244. The number of rotatable bonds is 50. The molecule has 0 aliphatic carbocycles. The third kappa shape index (κ3) is 49.3. The Hall–Kier alpha value is -1.59. The molecule has 1 atom stereocenters. The molecule has 0 amide bonds. The zero-order valence-corrected chi connectivity index (χ0v) is 41.6. The smallest absolute Gasteiger partial charge is 0.306 e. The fourth-order valence-electron chi connectivity index (χ4n) is 8.39. The third-order valence-electron chi connectivity index (χ3n) is 12.5. The average molecular weight is 863 g/mol. The lowest BCUT2D eigenvalue weighted by atomic mass is 10.0. The molecule has 0 saturated carbocycles. The number of hydrogen-bond acceptors (Lipinski definition) is 6. The van der Waals surface area contributed by atoms with E-state index < -0.39 is 6.10 Å². The minimum atomic E-state index is -0.761. The van der Waals surface area contributed by atoms with Crippen LogP contribution in [0.2, 0.25) is 0 Å². The van der Waals surface area contributed by atoms with Gasteiger partial charge < -0.3 is 14.2 Å². The largest absolute Gasteiger partial charge is 0.462 e. The fraction of sp³-hybridized carbons (Fsp3) is 0.945. The van der Waals surface area contributed by atoms with Crippen molar-refractivity contribution in [3.63, 3.8) is 0 Å². The first kappa shape index (κ1) is 59.4. The van der Waals surface area contributed by atoms with E-state index in [1.54, 1.807) is 0 Å². The van der Waals surface area contributed by atoms with E-state index in [0.29, 0.717) is 19.3 Å². The van der Waals surface area contributed by atoms with Crippen molar-refractivity contribution in [1.29, 1.82) is 0 Å². The van der Waals surface area contributed by atoms with Gasteiger partial charge in [-0.2, -0.15) is 0 Å². The van der Waals surface area contributed by atoms with Gasteiger partial charge in [-0.25, -0.2) is 0 Å². The fourth-order valence-corrected chi connectivity index (χ4v) is 8.39. The molecule has 0 spiro atoms. The molecule has 0 heterocycles. The minimum Gasteiger partial charge on any atom is -0.462 e. The molecule has 0 aromatic rings. The number of carbonyl (C=O) groups is 3. The lowest BCUT2D eigenvalue weighted by Gasteiger charge is -2.18. The Bertz CT molecular complexity index is 918. The van der Waals surface area contributed by atoms with Crippen LogP contribution in [0.1, 0.15) is 310 Å². The first-order chi connectivity index (χ1) is 29.9. The van der Waals surface area contributed by atoms with E-state index in [4.69, 9.17) is 14.2 Å². The van der Waals surface area contributed by atoms with Crippen LogP contribution < -0.4 is 0 Å². The number of ether oxygens (including phenoxy) is 3. The second-order valence-electron chi connectivity index (χ2n) is 19.3. The van der Waals surface area contributed by atoms with Crippen molar-refractivity contribution in [2.75, 3.05) is 13.2 Å². The molecule has 6 heteroatoms. The van der Waals surface area contributed by atoms with Gasteiger partial charge >= 0.3 is 17.9 Å². The second kappa shape index (κ2) is 49.4. The number of hydrogen-bond donors (Lipinski definition) is 0. The van der Waals surface area contributed by atoms with Crippen LogP contribution in [0.15, 0.2) is 0 Å². The van der Waals surface area contributed by atoms with Crippen molar-refractivity contribution in [3.05, 3.63) is 0 Å². The topological polar surface area (TPSA) is 78.9 Å². The predicted octanol–water partition coefficient (Wildman–Crippen LogP) is 17.8. The van der Waals surface area contributed by atoms with Crippen molar-refractivity contribution in [2.24, 2.45) is 5.92 Å². The highest BCUT2D eigenvalue weighted by molar-refractivity contribution is 5.71. The summed E-state index contributed by atoms with van der Waals surface area (Å²) in [6.07, 6.45) is 52.3. The molecular weight excluding hydrogens is 757 g/mol. The first-order valence-corrected chi connectivity index (χ1v) is 27.4. The van der Waals surface area contributed by atoms with Gasteiger partial charge in [-0.1, -0.05) is 272 Å². The van der Waals surface area contributed by atoms with Gasteiger partial charge in [0, 0.05) is 19.3 Å². The van der Waals surface area contributed by atoms with Crippen LogP contribution in [0.3, 0.4) is 0 Å². The van der Waals surface area contributed by atoms with E-state index in [-0.39, 0.29) is 31.1 Å². The van der Waals surface area contributed by atoms with E-state index in [1.807, 2.05) is 0 Å². The Labute approximate surface area is 380 Å². The Kier molecular flexibility index (Phi) is 48.1. The molecule has 0 radical (unpaired) electrons. The molecule has 0 N–H and O–H groups in total. The van der Waals surface area contributed by atoms with Crippen molar-refractivity contribution < 1.29 is 28.6 Å². The van der Waals surface area contributed by atoms with Crippen LogP contribution in [0.5, 0.6) is 0 Å². The molecule has 0 unspecified atom stereocenters. The van der Waals surface area contributed by atoms with Crippen molar-refractivity contribution in [3.8, 4) is 0 Å². The normalized spacial score (nSPS) is 12.0. The number of carbonyl (C=O) groups excluding carboxylic acids is 3. The van der Waals surface area contributed by atoms with Crippen LogP contribution in [0.4, 0.5) is 0 Å². The number of unbranched alkanes of at least 4 members (excludes halogenated alkanes) is 37. The summed E-state index contributed by atoms with van der Waals surface area (Å²) < 4.78 is 16.8. The second-order valence-corrected chi connectivity index (χ2v) is 19.3. The van der Waals surface area contributed by atoms with Crippen LogP contribution >= 0.6 is 0 Å². The molecule has 0 aromatic carbocycles. The maximum atomic E-state index is 12.8. The van der Waals surface area contributed by atoms with Gasteiger partial charge in [0.05, 0.1) is 0 Å². The standard InChI is InChI=1S/C55H106O6/c1-5-7-9-11-13-15-17-19-20-21-22-24-26-31-35-39-43-47-54(57)60-50-52(61-55(58)48-44-40-36-32-28-27-29-33-37-41-45-51(3)4)49-59-53(56)46-42-38-34-30-25-23-18-16-14-12-10-8-6-2/h51-52H,5-50H2,1-4H3/t52-/m0/s1. The summed E-state index contributed by atoms with van der Waals surface area (Å²) in [5, 5.41) is 0. The van der Waals surface area contributed by atoms with Gasteiger partial charge in [-0.15, -0.1) is 0 Å². The van der Waals surface area contributed by atoms with Crippen molar-refractivity contribution >= 4 is 17.9 Å². The molecular formula is C55H106O6. The van der Waals surface area contributed by atoms with E-state index in [1.165, 1.54) is 205 Å². The molecule has 0 rings (SSSR count).